The third kappa shape index (κ3) is 4.39. The van der Waals surface area contributed by atoms with Gasteiger partial charge in [0.25, 0.3) is 11.8 Å². The van der Waals surface area contributed by atoms with Crippen LogP contribution in [0.25, 0.3) is 10.8 Å². The van der Waals surface area contributed by atoms with Crippen LogP contribution in [-0.2, 0) is 9.53 Å². The number of anilines is 2. The smallest absolute Gasteiger partial charge is 0.259 e. The van der Waals surface area contributed by atoms with Gasteiger partial charge in [0.05, 0.1) is 11.1 Å². The number of carbonyl (C=O) groups is 2. The lowest BCUT2D eigenvalue weighted by Gasteiger charge is -2.16. The number of hydrogen-bond donors (Lipinski definition) is 6. The van der Waals surface area contributed by atoms with Crippen molar-refractivity contribution in [3.05, 3.63) is 83.9 Å². The molecule has 0 spiro atoms. The predicted molar refractivity (Wildman–Crippen MR) is 141 cm³/mol. The maximum Gasteiger partial charge on any atom is 0.259 e. The van der Waals surface area contributed by atoms with Crippen LogP contribution in [-0.4, -0.2) is 50.3 Å². The minimum Gasteiger partial charge on any atom is -0.504 e. The van der Waals surface area contributed by atoms with Gasteiger partial charge < -0.3 is 35.8 Å². The Kier molecular flexibility index (Phi) is 6.21. The normalized spacial score (nSPS) is 16.5. The molecule has 4 aromatic rings. The van der Waals surface area contributed by atoms with Crippen LogP contribution in [0.4, 0.5) is 11.4 Å². The number of phenols is 4. The van der Waals surface area contributed by atoms with Crippen LogP contribution in [0.15, 0.2) is 77.8 Å². The van der Waals surface area contributed by atoms with E-state index >= 15 is 0 Å². The molecule has 1 heterocycles. The third-order valence-electron chi connectivity index (χ3n) is 6.20. The largest absolute Gasteiger partial charge is 0.504 e. The molecule has 0 aromatic heterocycles. The molecular weight excluding hydrogens is 490 g/mol. The van der Waals surface area contributed by atoms with Crippen LogP contribution in [0, 0.1) is 0 Å². The Bertz CT molecular complexity index is 1620. The van der Waals surface area contributed by atoms with Crippen molar-refractivity contribution in [2.45, 2.75) is 19.1 Å². The van der Waals surface area contributed by atoms with Crippen molar-refractivity contribution >= 4 is 39.9 Å². The number of fused-ring (bicyclic) bond motifs is 1. The molecule has 2 amide bonds. The van der Waals surface area contributed by atoms with Crippen molar-refractivity contribution in [2.24, 2.45) is 4.99 Å². The molecule has 0 fully saturated rings. The number of amides is 2. The minimum absolute atomic E-state index is 0.0455. The fraction of sp³-hybridized carbons (Fsp3) is 0.107. The monoisotopic (exact) mass is 513 g/mol. The second-order valence-corrected chi connectivity index (χ2v) is 8.70. The number of aromatic hydroxyl groups is 4. The summed E-state index contributed by atoms with van der Waals surface area (Å²) in [6, 6.07) is 17.9. The molecule has 1 aliphatic rings. The van der Waals surface area contributed by atoms with Crippen LogP contribution >= 0.6 is 0 Å². The van der Waals surface area contributed by atoms with Gasteiger partial charge in [0, 0.05) is 22.1 Å². The van der Waals surface area contributed by atoms with Crippen molar-refractivity contribution in [3.63, 3.8) is 0 Å². The number of aliphatic imine (C=N–C) groups is 1. The SMILES string of the molecule is CC1OC(c2cccc(O)c2O)=N[C@@H]1C(=O)Nc1cccc2c(NC(=O)c3cccc(O)c3O)cccc12. The van der Waals surface area contributed by atoms with E-state index in [4.69, 9.17) is 4.74 Å². The Hall–Kier alpha value is -5.25. The minimum atomic E-state index is -0.918. The van der Waals surface area contributed by atoms with Crippen LogP contribution < -0.4 is 10.6 Å². The van der Waals surface area contributed by atoms with Crippen LogP contribution in [0.3, 0.4) is 0 Å². The molecule has 0 saturated heterocycles. The molecule has 38 heavy (non-hydrogen) atoms. The molecule has 0 bridgehead atoms. The molecule has 2 atom stereocenters. The summed E-state index contributed by atoms with van der Waals surface area (Å²) in [7, 11) is 0. The fourth-order valence-corrected chi connectivity index (χ4v) is 4.25. The first-order chi connectivity index (χ1) is 18.2. The Balaban J connectivity index is 1.41. The number of carbonyl (C=O) groups excluding carboxylic acids is 2. The van der Waals surface area contributed by atoms with E-state index in [2.05, 4.69) is 15.6 Å². The highest BCUT2D eigenvalue weighted by atomic mass is 16.5. The molecule has 192 valence electrons. The van der Waals surface area contributed by atoms with Crippen LogP contribution in [0.5, 0.6) is 23.0 Å². The van der Waals surface area contributed by atoms with E-state index in [1.807, 2.05) is 0 Å². The van der Waals surface area contributed by atoms with Crippen molar-refractivity contribution in [1.29, 1.82) is 0 Å². The molecule has 10 nitrogen and oxygen atoms in total. The van der Waals surface area contributed by atoms with Crippen molar-refractivity contribution < 1.29 is 34.8 Å². The first-order valence-electron chi connectivity index (χ1n) is 11.6. The number of phenolic OH excluding ortho intramolecular Hbond substituents is 4. The van der Waals surface area contributed by atoms with E-state index < -0.39 is 35.5 Å². The first-order valence-corrected chi connectivity index (χ1v) is 11.6. The lowest BCUT2D eigenvalue weighted by atomic mass is 10.1. The van der Waals surface area contributed by atoms with Gasteiger partial charge in [-0.05, 0) is 43.3 Å². The van der Waals surface area contributed by atoms with Crippen molar-refractivity contribution in [1.82, 2.24) is 0 Å². The average molecular weight is 514 g/mol. The van der Waals surface area contributed by atoms with Gasteiger partial charge in [-0.25, -0.2) is 4.99 Å². The standard InChI is InChI=1S/C28H23N3O7/c1-14-23(31-28(38-14)18-9-5-13-22(33)25(18)35)27(37)30-20-11-3-6-15-16(20)7-2-10-19(15)29-26(36)17-8-4-12-21(32)24(17)34/h2-14,23,32-35H,1H3,(H,29,36)(H,30,37)/t14?,23-/m0/s1. The molecule has 1 aliphatic heterocycles. The molecule has 0 radical (unpaired) electrons. The zero-order valence-electron chi connectivity index (χ0n) is 20.0. The predicted octanol–water partition coefficient (Wildman–Crippen LogP) is 4.09. The van der Waals surface area contributed by atoms with Crippen molar-refractivity contribution in [2.75, 3.05) is 10.6 Å². The van der Waals surface area contributed by atoms with E-state index in [0.717, 1.165) is 0 Å². The number of nitrogens with one attached hydrogen (secondary N) is 2. The van der Waals surface area contributed by atoms with E-state index in [1.165, 1.54) is 36.4 Å². The Morgan fingerprint density at radius 3 is 2.03 bits per heavy atom. The zero-order valence-corrected chi connectivity index (χ0v) is 20.0. The maximum absolute atomic E-state index is 13.2. The second kappa shape index (κ2) is 9.66. The summed E-state index contributed by atoms with van der Waals surface area (Å²) in [5.41, 5.74) is 0.993. The summed E-state index contributed by atoms with van der Waals surface area (Å²) in [6.45, 7) is 1.67. The average Bonchev–Trinajstić information content (AvgIpc) is 3.29. The molecule has 10 heteroatoms. The van der Waals surface area contributed by atoms with Gasteiger partial charge in [-0.1, -0.05) is 36.4 Å². The van der Waals surface area contributed by atoms with E-state index in [9.17, 15) is 30.0 Å². The number of rotatable bonds is 5. The second-order valence-electron chi connectivity index (χ2n) is 8.70. The highest BCUT2D eigenvalue weighted by molar-refractivity contribution is 6.14. The third-order valence-corrected chi connectivity index (χ3v) is 6.20. The summed E-state index contributed by atoms with van der Waals surface area (Å²) in [6.07, 6.45) is -0.633. The van der Waals surface area contributed by atoms with Gasteiger partial charge in [-0.15, -0.1) is 0 Å². The quantitative estimate of drug-likeness (QED) is 0.219. The molecule has 0 saturated carbocycles. The van der Waals surface area contributed by atoms with Gasteiger partial charge in [-0.3, -0.25) is 9.59 Å². The van der Waals surface area contributed by atoms with E-state index in [0.29, 0.717) is 22.1 Å². The van der Waals surface area contributed by atoms with Gasteiger partial charge >= 0.3 is 0 Å². The van der Waals surface area contributed by atoms with Gasteiger partial charge in [0.2, 0.25) is 5.90 Å². The number of hydrogen-bond acceptors (Lipinski definition) is 8. The maximum atomic E-state index is 13.2. The van der Waals surface area contributed by atoms with Gasteiger partial charge in [0.15, 0.2) is 29.0 Å². The number of ether oxygens (including phenoxy) is 1. The zero-order chi connectivity index (χ0) is 27.0. The molecule has 4 aromatic carbocycles. The lowest BCUT2D eigenvalue weighted by Crippen LogP contribution is -2.33. The number of benzene rings is 4. The molecule has 0 aliphatic carbocycles. The highest BCUT2D eigenvalue weighted by Crippen LogP contribution is 2.34. The topological polar surface area (TPSA) is 161 Å². The Morgan fingerprint density at radius 1 is 0.763 bits per heavy atom. The van der Waals surface area contributed by atoms with Crippen LogP contribution in [0.1, 0.15) is 22.8 Å². The fourth-order valence-electron chi connectivity index (χ4n) is 4.25. The Labute approximate surface area is 216 Å². The highest BCUT2D eigenvalue weighted by Gasteiger charge is 2.35. The summed E-state index contributed by atoms with van der Waals surface area (Å²) < 4.78 is 5.70. The molecule has 5 rings (SSSR count). The summed E-state index contributed by atoms with van der Waals surface area (Å²) in [5.74, 6) is -2.66. The van der Waals surface area contributed by atoms with Gasteiger partial charge in [0.1, 0.15) is 6.10 Å². The number of nitrogens with zero attached hydrogens (tertiary/aromatic N) is 1. The van der Waals surface area contributed by atoms with Crippen molar-refractivity contribution in [3.8, 4) is 23.0 Å². The van der Waals surface area contributed by atoms with Gasteiger partial charge in [-0.2, -0.15) is 0 Å². The summed E-state index contributed by atoms with van der Waals surface area (Å²) in [4.78, 5) is 30.3. The molecule has 1 unspecified atom stereocenters. The molecular formula is C28H23N3O7. The summed E-state index contributed by atoms with van der Waals surface area (Å²) >= 11 is 0. The van der Waals surface area contributed by atoms with Crippen LogP contribution in [0.2, 0.25) is 0 Å². The number of para-hydroxylation sites is 2. The summed E-state index contributed by atoms with van der Waals surface area (Å²) in [5, 5.41) is 46.5. The van der Waals surface area contributed by atoms with E-state index in [1.54, 1.807) is 43.3 Å². The van der Waals surface area contributed by atoms with E-state index in [-0.39, 0.29) is 28.5 Å². The lowest BCUT2D eigenvalue weighted by molar-refractivity contribution is -0.118. The first kappa shape index (κ1) is 24.4. The Morgan fingerprint density at radius 2 is 1.34 bits per heavy atom. The molecule has 6 N–H and O–H groups in total.